The van der Waals surface area contributed by atoms with Gasteiger partial charge in [0.05, 0.1) is 6.61 Å². The number of nitrogens with two attached hydrogens (primary N) is 1. The Morgan fingerprint density at radius 3 is 2.61 bits per heavy atom. The lowest BCUT2D eigenvalue weighted by molar-refractivity contribution is 0.304. The first kappa shape index (κ1) is 14.7. The summed E-state index contributed by atoms with van der Waals surface area (Å²) >= 11 is 0. The Bertz CT molecular complexity index is 351. The Balaban J connectivity index is 2.87. The SMILES string of the molecule is CCCOc1cc(C)nc(N(CCC)CCN)n1. The van der Waals surface area contributed by atoms with E-state index in [0.717, 1.165) is 31.6 Å². The first-order chi connectivity index (χ1) is 8.71. The fraction of sp³-hybridized carbons (Fsp3) is 0.692. The van der Waals surface area contributed by atoms with E-state index in [2.05, 4.69) is 28.7 Å². The average molecular weight is 252 g/mol. The molecule has 0 atom stereocenters. The normalized spacial score (nSPS) is 10.4. The highest BCUT2D eigenvalue weighted by atomic mass is 16.5. The van der Waals surface area contributed by atoms with Crippen molar-refractivity contribution in [3.8, 4) is 5.88 Å². The van der Waals surface area contributed by atoms with Crippen molar-refractivity contribution < 1.29 is 4.74 Å². The van der Waals surface area contributed by atoms with Crippen LogP contribution in [0, 0.1) is 6.92 Å². The molecular formula is C13H24N4O. The Morgan fingerprint density at radius 2 is 2.00 bits per heavy atom. The zero-order valence-electron chi connectivity index (χ0n) is 11.6. The van der Waals surface area contributed by atoms with Crippen LogP contribution in [0.1, 0.15) is 32.4 Å². The molecule has 18 heavy (non-hydrogen) atoms. The monoisotopic (exact) mass is 252 g/mol. The number of ether oxygens (including phenoxy) is 1. The lowest BCUT2D eigenvalue weighted by atomic mass is 10.4. The highest BCUT2D eigenvalue weighted by Gasteiger charge is 2.10. The van der Waals surface area contributed by atoms with Crippen molar-refractivity contribution in [1.29, 1.82) is 0 Å². The van der Waals surface area contributed by atoms with Crippen molar-refractivity contribution in [1.82, 2.24) is 9.97 Å². The molecule has 0 aliphatic rings. The van der Waals surface area contributed by atoms with Gasteiger partial charge in [-0.25, -0.2) is 4.98 Å². The molecule has 5 heteroatoms. The first-order valence-electron chi connectivity index (χ1n) is 6.64. The van der Waals surface area contributed by atoms with Crippen LogP contribution in [0.3, 0.4) is 0 Å². The Labute approximate surface area is 109 Å². The summed E-state index contributed by atoms with van der Waals surface area (Å²) in [6.07, 6.45) is 2.02. The molecule has 1 aromatic rings. The molecule has 2 N–H and O–H groups in total. The van der Waals surface area contributed by atoms with E-state index in [4.69, 9.17) is 10.5 Å². The Hall–Kier alpha value is -1.36. The van der Waals surface area contributed by atoms with E-state index in [1.807, 2.05) is 13.0 Å². The summed E-state index contributed by atoms with van der Waals surface area (Å²) < 4.78 is 5.57. The van der Waals surface area contributed by atoms with Crippen LogP contribution in [0.25, 0.3) is 0 Å². The summed E-state index contributed by atoms with van der Waals surface area (Å²) in [5.74, 6) is 1.37. The smallest absolute Gasteiger partial charge is 0.228 e. The van der Waals surface area contributed by atoms with Gasteiger partial charge in [-0.1, -0.05) is 13.8 Å². The van der Waals surface area contributed by atoms with Crippen LogP contribution >= 0.6 is 0 Å². The maximum atomic E-state index is 5.62. The molecule has 0 spiro atoms. The molecular weight excluding hydrogens is 228 g/mol. The van der Waals surface area contributed by atoms with Crippen LogP contribution in [0.4, 0.5) is 5.95 Å². The summed E-state index contributed by atoms with van der Waals surface area (Å²) in [7, 11) is 0. The lowest BCUT2D eigenvalue weighted by Gasteiger charge is -2.21. The highest BCUT2D eigenvalue weighted by Crippen LogP contribution is 2.15. The van der Waals surface area contributed by atoms with Gasteiger partial charge in [-0.2, -0.15) is 4.98 Å². The van der Waals surface area contributed by atoms with Crippen LogP contribution in [0.5, 0.6) is 5.88 Å². The van der Waals surface area contributed by atoms with Crippen molar-refractivity contribution >= 4 is 5.95 Å². The van der Waals surface area contributed by atoms with Crippen LogP contribution in [-0.2, 0) is 0 Å². The third-order valence-corrected chi connectivity index (χ3v) is 2.45. The van der Waals surface area contributed by atoms with E-state index in [9.17, 15) is 0 Å². The first-order valence-corrected chi connectivity index (χ1v) is 6.64. The number of anilines is 1. The number of hydrogen-bond acceptors (Lipinski definition) is 5. The zero-order chi connectivity index (χ0) is 13.4. The summed E-state index contributed by atoms with van der Waals surface area (Å²) in [4.78, 5) is 11.0. The molecule has 0 saturated carbocycles. The second-order valence-corrected chi connectivity index (χ2v) is 4.27. The number of aromatic nitrogens is 2. The molecule has 1 rings (SSSR count). The summed E-state index contributed by atoms with van der Waals surface area (Å²) in [6.45, 7) is 9.12. The highest BCUT2D eigenvalue weighted by molar-refractivity contribution is 5.34. The molecule has 0 unspecified atom stereocenters. The predicted molar refractivity (Wildman–Crippen MR) is 74.1 cm³/mol. The van der Waals surface area contributed by atoms with Crippen molar-refractivity contribution in [2.45, 2.75) is 33.6 Å². The van der Waals surface area contributed by atoms with E-state index >= 15 is 0 Å². The van der Waals surface area contributed by atoms with Crippen LogP contribution < -0.4 is 15.4 Å². The second kappa shape index (κ2) is 7.87. The maximum Gasteiger partial charge on any atom is 0.228 e. The van der Waals surface area contributed by atoms with Crippen molar-refractivity contribution in [2.24, 2.45) is 5.73 Å². The minimum absolute atomic E-state index is 0.600. The minimum Gasteiger partial charge on any atom is -0.478 e. The van der Waals surface area contributed by atoms with E-state index in [-0.39, 0.29) is 0 Å². The van der Waals surface area contributed by atoms with Gasteiger partial charge >= 0.3 is 0 Å². The summed E-state index contributed by atoms with van der Waals surface area (Å²) in [5.41, 5.74) is 6.55. The molecule has 0 aliphatic carbocycles. The second-order valence-electron chi connectivity index (χ2n) is 4.27. The Kier molecular flexibility index (Phi) is 6.43. The topological polar surface area (TPSA) is 64.3 Å². The summed E-state index contributed by atoms with van der Waals surface area (Å²) in [5, 5.41) is 0. The minimum atomic E-state index is 0.600. The molecule has 0 fully saturated rings. The van der Waals surface area contributed by atoms with Gasteiger partial charge in [-0.15, -0.1) is 0 Å². The van der Waals surface area contributed by atoms with Gasteiger partial charge in [-0.3, -0.25) is 0 Å². The molecule has 102 valence electrons. The van der Waals surface area contributed by atoms with E-state index in [1.54, 1.807) is 0 Å². The van der Waals surface area contributed by atoms with Crippen LogP contribution in [0.15, 0.2) is 6.07 Å². The van der Waals surface area contributed by atoms with Crippen molar-refractivity contribution in [2.75, 3.05) is 31.1 Å². The van der Waals surface area contributed by atoms with Gasteiger partial charge in [0.25, 0.3) is 0 Å². The number of hydrogen-bond donors (Lipinski definition) is 1. The Morgan fingerprint density at radius 1 is 1.22 bits per heavy atom. The quantitative estimate of drug-likeness (QED) is 0.763. The molecule has 0 radical (unpaired) electrons. The van der Waals surface area contributed by atoms with Gasteiger partial charge in [0.15, 0.2) is 0 Å². The van der Waals surface area contributed by atoms with E-state index in [0.29, 0.717) is 25.0 Å². The third kappa shape index (κ3) is 4.49. The molecule has 5 nitrogen and oxygen atoms in total. The molecule has 1 aromatic heterocycles. The maximum absolute atomic E-state index is 5.62. The number of nitrogens with zero attached hydrogens (tertiary/aromatic N) is 3. The molecule has 0 aliphatic heterocycles. The molecule has 0 bridgehead atoms. The van der Waals surface area contributed by atoms with E-state index < -0.39 is 0 Å². The van der Waals surface area contributed by atoms with E-state index in [1.165, 1.54) is 0 Å². The van der Waals surface area contributed by atoms with Crippen molar-refractivity contribution in [3.05, 3.63) is 11.8 Å². The van der Waals surface area contributed by atoms with Gasteiger partial charge in [0, 0.05) is 31.4 Å². The fourth-order valence-electron chi connectivity index (χ4n) is 1.68. The van der Waals surface area contributed by atoms with Gasteiger partial charge in [0.1, 0.15) is 0 Å². The van der Waals surface area contributed by atoms with Crippen LogP contribution in [0.2, 0.25) is 0 Å². The number of rotatable bonds is 8. The molecule has 1 heterocycles. The molecule has 0 aromatic carbocycles. The molecule has 0 amide bonds. The van der Waals surface area contributed by atoms with Gasteiger partial charge in [-0.05, 0) is 19.8 Å². The largest absolute Gasteiger partial charge is 0.478 e. The van der Waals surface area contributed by atoms with Crippen LogP contribution in [-0.4, -0.2) is 36.2 Å². The number of aryl methyl sites for hydroxylation is 1. The zero-order valence-corrected chi connectivity index (χ0v) is 11.6. The van der Waals surface area contributed by atoms with Gasteiger partial charge < -0.3 is 15.4 Å². The fourth-order valence-corrected chi connectivity index (χ4v) is 1.68. The predicted octanol–water partition coefficient (Wildman–Crippen LogP) is 1.75. The third-order valence-electron chi connectivity index (χ3n) is 2.45. The summed E-state index contributed by atoms with van der Waals surface area (Å²) in [6, 6.07) is 1.87. The molecule has 0 saturated heterocycles. The lowest BCUT2D eigenvalue weighted by Crippen LogP contribution is -2.31. The van der Waals surface area contributed by atoms with Crippen molar-refractivity contribution in [3.63, 3.8) is 0 Å². The average Bonchev–Trinajstić information content (AvgIpc) is 2.35. The van der Waals surface area contributed by atoms with Gasteiger partial charge in [0.2, 0.25) is 11.8 Å². The standard InChI is InChI=1S/C13H24N4O/c1-4-7-17(8-6-14)13-15-11(3)10-12(16-13)18-9-5-2/h10H,4-9,14H2,1-3H3.